The van der Waals surface area contributed by atoms with Crippen molar-refractivity contribution in [2.45, 2.75) is 18.4 Å². The summed E-state index contributed by atoms with van der Waals surface area (Å²) in [7, 11) is -3.88. The summed E-state index contributed by atoms with van der Waals surface area (Å²) in [5.74, 6) is 2.07. The van der Waals surface area contributed by atoms with E-state index in [0.29, 0.717) is 10.2 Å². The molecular formula is C17H13FN2O2S2. The topological polar surface area (TPSA) is 51.4 Å². The van der Waals surface area contributed by atoms with Gasteiger partial charge in [0.15, 0.2) is 0 Å². The summed E-state index contributed by atoms with van der Waals surface area (Å²) in [6.45, 7) is 2.02. The molecule has 0 aliphatic heterocycles. The van der Waals surface area contributed by atoms with Crippen molar-refractivity contribution in [2.24, 2.45) is 4.40 Å². The average Bonchev–Trinajstić information content (AvgIpc) is 2.84. The second-order valence-electron chi connectivity index (χ2n) is 5.17. The summed E-state index contributed by atoms with van der Waals surface area (Å²) in [6, 6.07) is 10.6. The number of hydrogen-bond acceptors (Lipinski definition) is 3. The normalized spacial score (nSPS) is 12.5. The number of hydrogen-bond donors (Lipinski definition) is 0. The Morgan fingerprint density at radius 2 is 1.96 bits per heavy atom. The Morgan fingerprint density at radius 3 is 2.62 bits per heavy atom. The van der Waals surface area contributed by atoms with Crippen LogP contribution in [0.5, 0.6) is 0 Å². The van der Waals surface area contributed by atoms with E-state index in [-0.39, 0.29) is 16.2 Å². The number of thiazole rings is 1. The molecule has 0 aliphatic carbocycles. The van der Waals surface area contributed by atoms with Crippen molar-refractivity contribution in [1.82, 2.24) is 4.57 Å². The molecule has 0 N–H and O–H groups in total. The molecule has 0 radical (unpaired) electrons. The lowest BCUT2D eigenvalue weighted by molar-refractivity contribution is 0.596. The zero-order valence-electron chi connectivity index (χ0n) is 12.7. The fourth-order valence-corrected chi connectivity index (χ4v) is 4.48. The van der Waals surface area contributed by atoms with E-state index in [2.05, 4.69) is 10.3 Å². The second-order valence-corrected chi connectivity index (χ2v) is 7.78. The van der Waals surface area contributed by atoms with Crippen molar-refractivity contribution in [3.05, 3.63) is 58.6 Å². The third kappa shape index (κ3) is 3.11. The maximum absolute atomic E-state index is 13.4. The van der Waals surface area contributed by atoms with Crippen LogP contribution in [0.25, 0.3) is 10.2 Å². The van der Waals surface area contributed by atoms with Crippen LogP contribution in [-0.4, -0.2) is 13.0 Å². The van der Waals surface area contributed by atoms with Gasteiger partial charge in [-0.25, -0.2) is 4.39 Å². The van der Waals surface area contributed by atoms with Gasteiger partial charge in [-0.15, -0.1) is 10.8 Å². The Hall–Kier alpha value is -2.43. The predicted molar refractivity (Wildman–Crippen MR) is 92.5 cm³/mol. The minimum absolute atomic E-state index is 0.101. The molecule has 0 spiro atoms. The largest absolute Gasteiger partial charge is 0.304 e. The monoisotopic (exact) mass is 360 g/mol. The molecule has 0 unspecified atom stereocenters. The molecule has 0 amide bonds. The Morgan fingerprint density at radius 1 is 1.25 bits per heavy atom. The number of aryl methyl sites for hydroxylation is 1. The fourth-order valence-electron chi connectivity index (χ4n) is 2.23. The van der Waals surface area contributed by atoms with E-state index < -0.39 is 15.8 Å². The first-order valence-corrected chi connectivity index (χ1v) is 9.26. The minimum atomic E-state index is -3.88. The van der Waals surface area contributed by atoms with Crippen molar-refractivity contribution >= 4 is 31.6 Å². The number of rotatable bonds is 3. The SMILES string of the molecule is C#CCn1c(=NS(=O)(=O)c2ccc(C)cc2)sc2cc(F)ccc21. The highest BCUT2D eigenvalue weighted by atomic mass is 32.2. The lowest BCUT2D eigenvalue weighted by Crippen LogP contribution is -2.16. The van der Waals surface area contributed by atoms with Gasteiger partial charge >= 0.3 is 0 Å². The minimum Gasteiger partial charge on any atom is -0.304 e. The highest BCUT2D eigenvalue weighted by Gasteiger charge is 2.14. The molecule has 122 valence electrons. The Kier molecular flexibility index (Phi) is 4.26. The quantitative estimate of drug-likeness (QED) is 0.674. The van der Waals surface area contributed by atoms with Crippen LogP contribution in [0.3, 0.4) is 0 Å². The first kappa shape index (κ1) is 16.4. The number of benzene rings is 2. The van der Waals surface area contributed by atoms with Crippen LogP contribution < -0.4 is 4.80 Å². The zero-order valence-corrected chi connectivity index (χ0v) is 14.4. The smallest absolute Gasteiger partial charge is 0.285 e. The average molecular weight is 360 g/mol. The van der Waals surface area contributed by atoms with Gasteiger partial charge in [0.2, 0.25) is 4.80 Å². The standard InChI is InChI=1S/C17H13FN2O2S2/c1-3-10-20-15-9-6-13(18)11-16(15)23-17(20)19-24(21,22)14-7-4-12(2)5-8-14/h1,4-9,11H,10H2,2H3. The molecule has 4 nitrogen and oxygen atoms in total. The molecule has 7 heteroatoms. The number of halogens is 1. The Balaban J connectivity index is 2.24. The Bertz CT molecular complexity index is 1120. The molecule has 3 aromatic rings. The van der Waals surface area contributed by atoms with E-state index in [1.54, 1.807) is 22.8 Å². The molecule has 24 heavy (non-hydrogen) atoms. The highest BCUT2D eigenvalue weighted by Crippen LogP contribution is 2.20. The zero-order chi connectivity index (χ0) is 17.3. The molecule has 0 saturated carbocycles. The van der Waals surface area contributed by atoms with Crippen LogP contribution in [0, 0.1) is 25.1 Å². The van der Waals surface area contributed by atoms with Crippen molar-refractivity contribution in [2.75, 3.05) is 0 Å². The molecule has 0 aliphatic rings. The number of nitrogens with zero attached hydrogens (tertiary/aromatic N) is 2. The molecular weight excluding hydrogens is 347 g/mol. The maximum Gasteiger partial charge on any atom is 0.285 e. The van der Waals surface area contributed by atoms with Crippen molar-refractivity contribution in [3.8, 4) is 12.3 Å². The summed E-state index contributed by atoms with van der Waals surface area (Å²) in [6.07, 6.45) is 5.37. The van der Waals surface area contributed by atoms with Gasteiger partial charge in [0.05, 0.1) is 21.7 Å². The van der Waals surface area contributed by atoms with Crippen molar-refractivity contribution < 1.29 is 12.8 Å². The van der Waals surface area contributed by atoms with Gasteiger partial charge < -0.3 is 4.57 Å². The van der Waals surface area contributed by atoms with Crippen molar-refractivity contribution in [3.63, 3.8) is 0 Å². The number of aromatic nitrogens is 1. The van der Waals surface area contributed by atoms with E-state index in [4.69, 9.17) is 6.42 Å². The number of fused-ring (bicyclic) bond motifs is 1. The van der Waals surface area contributed by atoms with Gasteiger partial charge in [-0.1, -0.05) is 35.0 Å². The summed E-state index contributed by atoms with van der Waals surface area (Å²) < 4.78 is 44.5. The molecule has 3 rings (SSSR count). The maximum atomic E-state index is 13.4. The molecule has 0 atom stereocenters. The van der Waals surface area contributed by atoms with Gasteiger partial charge in [-0.2, -0.15) is 8.42 Å². The second kappa shape index (κ2) is 6.23. The van der Waals surface area contributed by atoms with E-state index in [1.165, 1.54) is 24.3 Å². The van der Waals surface area contributed by atoms with Crippen LogP contribution in [0.1, 0.15) is 5.56 Å². The van der Waals surface area contributed by atoms with Gasteiger partial charge in [0.1, 0.15) is 5.82 Å². The van der Waals surface area contributed by atoms with E-state index >= 15 is 0 Å². The van der Waals surface area contributed by atoms with Crippen LogP contribution >= 0.6 is 11.3 Å². The molecule has 1 heterocycles. The summed E-state index contributed by atoms with van der Waals surface area (Å²) in [5, 5.41) is 0. The Labute approximate surface area is 143 Å². The van der Waals surface area contributed by atoms with Crippen LogP contribution in [0.15, 0.2) is 51.8 Å². The molecule has 1 aromatic heterocycles. The predicted octanol–water partition coefficient (Wildman–Crippen LogP) is 3.07. The van der Waals surface area contributed by atoms with Gasteiger partial charge in [0.25, 0.3) is 10.0 Å². The lowest BCUT2D eigenvalue weighted by Gasteiger charge is -2.01. The summed E-state index contributed by atoms with van der Waals surface area (Å²) in [5.41, 5.74) is 1.60. The van der Waals surface area contributed by atoms with Gasteiger partial charge in [0, 0.05) is 0 Å². The third-order valence-corrected chi connectivity index (χ3v) is 5.85. The number of terminal acetylenes is 1. The van der Waals surface area contributed by atoms with E-state index in [1.807, 2.05) is 6.92 Å². The summed E-state index contributed by atoms with van der Waals surface area (Å²) in [4.78, 5) is 0.318. The van der Waals surface area contributed by atoms with Gasteiger partial charge in [-0.3, -0.25) is 0 Å². The summed E-state index contributed by atoms with van der Waals surface area (Å²) >= 11 is 1.08. The first-order valence-electron chi connectivity index (χ1n) is 7.01. The highest BCUT2D eigenvalue weighted by molar-refractivity contribution is 7.90. The fraction of sp³-hybridized carbons (Fsp3) is 0.118. The lowest BCUT2D eigenvalue weighted by atomic mass is 10.2. The molecule has 2 aromatic carbocycles. The molecule has 0 bridgehead atoms. The molecule has 0 fully saturated rings. The van der Waals surface area contributed by atoms with E-state index in [9.17, 15) is 12.8 Å². The molecule has 0 saturated heterocycles. The first-order chi connectivity index (χ1) is 11.4. The third-order valence-electron chi connectivity index (χ3n) is 3.41. The number of sulfonamides is 1. The van der Waals surface area contributed by atoms with Crippen molar-refractivity contribution in [1.29, 1.82) is 0 Å². The van der Waals surface area contributed by atoms with Crippen LogP contribution in [-0.2, 0) is 16.6 Å². The van der Waals surface area contributed by atoms with Crippen LogP contribution in [0.2, 0.25) is 0 Å². The van der Waals surface area contributed by atoms with E-state index in [0.717, 1.165) is 16.9 Å². The van der Waals surface area contributed by atoms with Gasteiger partial charge in [-0.05, 0) is 37.3 Å². The van der Waals surface area contributed by atoms with Crippen LogP contribution in [0.4, 0.5) is 4.39 Å².